The summed E-state index contributed by atoms with van der Waals surface area (Å²) in [6.45, 7) is 2.02. The Morgan fingerprint density at radius 1 is 1.21 bits per heavy atom. The van der Waals surface area contributed by atoms with Crippen molar-refractivity contribution in [1.29, 1.82) is 0 Å². The van der Waals surface area contributed by atoms with Crippen molar-refractivity contribution in [1.82, 2.24) is 19.5 Å². The Kier molecular flexibility index (Phi) is 4.67. The summed E-state index contributed by atoms with van der Waals surface area (Å²) in [7, 11) is 1.56. The zero-order chi connectivity index (χ0) is 19.7. The minimum absolute atomic E-state index is 0.0164. The van der Waals surface area contributed by atoms with Gasteiger partial charge in [-0.15, -0.1) is 0 Å². The Labute approximate surface area is 161 Å². The van der Waals surface area contributed by atoms with E-state index in [0.29, 0.717) is 28.4 Å². The van der Waals surface area contributed by atoms with E-state index in [-0.39, 0.29) is 18.2 Å². The molecular formula is C21H20N4O3. The fraction of sp³-hybridized carbons (Fsp3) is 0.190. The van der Waals surface area contributed by atoms with Gasteiger partial charge in [0.2, 0.25) is 0 Å². The lowest BCUT2D eigenvalue weighted by Gasteiger charge is -2.10. The van der Waals surface area contributed by atoms with Gasteiger partial charge in [-0.2, -0.15) is 0 Å². The molecule has 142 valence electrons. The number of rotatable bonds is 5. The average Bonchev–Trinajstić information content (AvgIpc) is 3.07. The molecule has 0 aliphatic carbocycles. The predicted octanol–water partition coefficient (Wildman–Crippen LogP) is 2.88. The number of para-hydroxylation sites is 2. The Morgan fingerprint density at radius 2 is 2.04 bits per heavy atom. The number of aromatic amines is 1. The van der Waals surface area contributed by atoms with Gasteiger partial charge in [-0.05, 0) is 23.8 Å². The molecule has 0 saturated carbocycles. The molecule has 2 heterocycles. The number of H-pyrrole nitrogens is 1. The van der Waals surface area contributed by atoms with E-state index in [9.17, 15) is 9.90 Å². The molecule has 0 aliphatic rings. The number of fused-ring (bicyclic) bond motifs is 1. The van der Waals surface area contributed by atoms with Crippen LogP contribution in [0.3, 0.4) is 0 Å². The number of aromatic nitrogens is 4. The number of methoxy groups -OCH3 is 1. The largest absolute Gasteiger partial charge is 0.495 e. The summed E-state index contributed by atoms with van der Waals surface area (Å²) in [5, 5.41) is 9.42. The summed E-state index contributed by atoms with van der Waals surface area (Å²) in [6, 6.07) is 15.0. The van der Waals surface area contributed by atoms with Gasteiger partial charge in [0.15, 0.2) is 11.5 Å². The average molecular weight is 376 g/mol. The summed E-state index contributed by atoms with van der Waals surface area (Å²) < 4.78 is 6.89. The Morgan fingerprint density at radius 3 is 2.82 bits per heavy atom. The molecule has 7 heteroatoms. The zero-order valence-electron chi connectivity index (χ0n) is 15.6. The molecule has 1 unspecified atom stereocenters. The van der Waals surface area contributed by atoms with E-state index < -0.39 is 0 Å². The molecule has 0 amide bonds. The van der Waals surface area contributed by atoms with Crippen LogP contribution in [0.5, 0.6) is 5.75 Å². The molecule has 0 spiro atoms. The number of benzene rings is 2. The highest BCUT2D eigenvalue weighted by Crippen LogP contribution is 2.26. The van der Waals surface area contributed by atoms with Gasteiger partial charge in [0.05, 0.1) is 19.0 Å². The molecular weight excluding hydrogens is 356 g/mol. The van der Waals surface area contributed by atoms with Crippen molar-refractivity contribution in [2.45, 2.75) is 12.8 Å². The van der Waals surface area contributed by atoms with E-state index in [2.05, 4.69) is 15.0 Å². The van der Waals surface area contributed by atoms with E-state index in [1.807, 2.05) is 43.3 Å². The van der Waals surface area contributed by atoms with E-state index in [4.69, 9.17) is 4.74 Å². The first kappa shape index (κ1) is 17.9. The molecule has 0 fully saturated rings. The van der Waals surface area contributed by atoms with Crippen LogP contribution in [0.2, 0.25) is 0 Å². The van der Waals surface area contributed by atoms with Gasteiger partial charge in [-0.25, -0.2) is 19.3 Å². The highest BCUT2D eigenvalue weighted by atomic mass is 16.5. The van der Waals surface area contributed by atoms with Crippen LogP contribution >= 0.6 is 0 Å². The number of imidazole rings is 1. The maximum Gasteiger partial charge on any atom is 0.332 e. The van der Waals surface area contributed by atoms with Crippen molar-refractivity contribution in [2.75, 3.05) is 13.7 Å². The van der Waals surface area contributed by atoms with Crippen LogP contribution in [0, 0.1) is 0 Å². The highest BCUT2D eigenvalue weighted by Gasteiger charge is 2.16. The monoisotopic (exact) mass is 376 g/mol. The van der Waals surface area contributed by atoms with Gasteiger partial charge in [0.25, 0.3) is 0 Å². The lowest BCUT2D eigenvalue weighted by Crippen LogP contribution is -2.15. The molecule has 2 N–H and O–H groups in total. The Bertz CT molecular complexity index is 1200. The maximum atomic E-state index is 12.6. The van der Waals surface area contributed by atoms with Crippen molar-refractivity contribution in [2.24, 2.45) is 0 Å². The molecule has 2 aromatic heterocycles. The second kappa shape index (κ2) is 7.28. The van der Waals surface area contributed by atoms with Crippen LogP contribution < -0.4 is 10.4 Å². The third-order valence-corrected chi connectivity index (χ3v) is 4.74. The number of aliphatic hydroxyl groups is 1. The van der Waals surface area contributed by atoms with E-state index in [0.717, 1.165) is 11.1 Å². The van der Waals surface area contributed by atoms with Crippen LogP contribution in [-0.2, 0) is 0 Å². The van der Waals surface area contributed by atoms with E-state index >= 15 is 0 Å². The summed E-state index contributed by atoms with van der Waals surface area (Å²) in [5.41, 5.74) is 3.13. The summed E-state index contributed by atoms with van der Waals surface area (Å²) in [6.07, 6.45) is 1.60. The third kappa shape index (κ3) is 3.05. The molecule has 4 rings (SSSR count). The summed E-state index contributed by atoms with van der Waals surface area (Å²) >= 11 is 0. The fourth-order valence-electron chi connectivity index (χ4n) is 3.17. The Hall–Kier alpha value is -3.45. The lowest BCUT2D eigenvalue weighted by molar-refractivity contribution is 0.273. The smallest absolute Gasteiger partial charge is 0.332 e. The number of nitrogens with zero attached hydrogens (tertiary/aromatic N) is 3. The van der Waals surface area contributed by atoms with E-state index in [1.54, 1.807) is 25.4 Å². The first-order chi connectivity index (χ1) is 13.6. The first-order valence-electron chi connectivity index (χ1n) is 8.94. The van der Waals surface area contributed by atoms with Crippen LogP contribution in [0.1, 0.15) is 18.4 Å². The van der Waals surface area contributed by atoms with Crippen LogP contribution in [0.15, 0.2) is 59.5 Å². The van der Waals surface area contributed by atoms with Crippen LogP contribution in [0.4, 0.5) is 0 Å². The van der Waals surface area contributed by atoms with Crippen LogP contribution in [0.25, 0.3) is 28.2 Å². The van der Waals surface area contributed by atoms with Gasteiger partial charge >= 0.3 is 5.69 Å². The van der Waals surface area contributed by atoms with Crippen molar-refractivity contribution >= 4 is 11.2 Å². The van der Waals surface area contributed by atoms with Gasteiger partial charge < -0.3 is 14.8 Å². The van der Waals surface area contributed by atoms with Crippen molar-refractivity contribution in [3.05, 3.63) is 70.8 Å². The number of ether oxygens (including phenoxy) is 1. The van der Waals surface area contributed by atoms with Crippen molar-refractivity contribution < 1.29 is 9.84 Å². The molecule has 4 aromatic rings. The van der Waals surface area contributed by atoms with Gasteiger partial charge in [-0.3, -0.25) is 0 Å². The molecule has 1 atom stereocenters. The quantitative estimate of drug-likeness (QED) is 0.559. The van der Waals surface area contributed by atoms with Gasteiger partial charge in [-0.1, -0.05) is 37.3 Å². The first-order valence-corrected chi connectivity index (χ1v) is 8.94. The molecule has 0 radical (unpaired) electrons. The Balaban J connectivity index is 1.90. The number of aliphatic hydroxyl groups excluding tert-OH is 1. The molecule has 2 aromatic carbocycles. The van der Waals surface area contributed by atoms with Crippen molar-refractivity contribution in [3.63, 3.8) is 0 Å². The standard InChI is InChI=1S/C21H20N4O3/c1-13(12-26)14-6-5-7-15(10-14)19-22-11-16-20(24-19)25(21(27)23-16)17-8-3-4-9-18(17)28-2/h3-11,13,26H,12H2,1-2H3,(H,23,27). The second-order valence-corrected chi connectivity index (χ2v) is 6.58. The lowest BCUT2D eigenvalue weighted by atomic mass is 10.00. The number of hydrogen-bond donors (Lipinski definition) is 2. The fourth-order valence-corrected chi connectivity index (χ4v) is 3.17. The third-order valence-electron chi connectivity index (χ3n) is 4.74. The summed E-state index contributed by atoms with van der Waals surface area (Å²) in [5.74, 6) is 1.09. The van der Waals surface area contributed by atoms with Crippen molar-refractivity contribution in [3.8, 4) is 22.8 Å². The number of hydrogen-bond acceptors (Lipinski definition) is 5. The van der Waals surface area contributed by atoms with Gasteiger partial charge in [0.1, 0.15) is 11.3 Å². The predicted molar refractivity (Wildman–Crippen MR) is 107 cm³/mol. The zero-order valence-corrected chi connectivity index (χ0v) is 15.6. The topological polar surface area (TPSA) is 93.0 Å². The molecule has 0 aliphatic heterocycles. The maximum absolute atomic E-state index is 12.6. The second-order valence-electron chi connectivity index (χ2n) is 6.58. The minimum Gasteiger partial charge on any atom is -0.495 e. The minimum atomic E-state index is -0.311. The SMILES string of the molecule is COc1ccccc1-n1c(=O)[nH]c2cnc(-c3cccc(C(C)CO)c3)nc21. The van der Waals surface area contributed by atoms with Crippen LogP contribution in [-0.4, -0.2) is 38.3 Å². The molecule has 0 saturated heterocycles. The summed E-state index contributed by atoms with van der Waals surface area (Å²) in [4.78, 5) is 24.4. The van der Waals surface area contributed by atoms with E-state index in [1.165, 1.54) is 4.57 Å². The number of nitrogens with one attached hydrogen (secondary N) is 1. The highest BCUT2D eigenvalue weighted by molar-refractivity contribution is 5.75. The van der Waals surface area contributed by atoms with Gasteiger partial charge in [0, 0.05) is 18.1 Å². The normalized spacial score (nSPS) is 12.2. The molecule has 7 nitrogen and oxygen atoms in total. The molecule has 28 heavy (non-hydrogen) atoms. The molecule has 0 bridgehead atoms.